The molecule has 0 saturated carbocycles. The minimum Gasteiger partial charge on any atom is -0.486 e. The van der Waals surface area contributed by atoms with Gasteiger partial charge in [0, 0.05) is 0 Å². The highest BCUT2D eigenvalue weighted by Crippen LogP contribution is 2.53. The van der Waals surface area contributed by atoms with E-state index in [4.69, 9.17) is 0 Å². The lowest BCUT2D eigenvalue weighted by Crippen LogP contribution is -2.37. The zero-order valence-electron chi connectivity index (χ0n) is 12.5. The summed E-state index contributed by atoms with van der Waals surface area (Å²) < 4.78 is 0. The van der Waals surface area contributed by atoms with Gasteiger partial charge in [0.2, 0.25) is 0 Å². The second-order valence-corrected chi connectivity index (χ2v) is 8.45. The van der Waals surface area contributed by atoms with Gasteiger partial charge < -0.3 is 5.11 Å². The molecule has 2 nitrogen and oxygen atoms in total. The molecule has 0 fully saturated rings. The van der Waals surface area contributed by atoms with Gasteiger partial charge in [0.25, 0.3) is 0 Å². The smallest absolute Gasteiger partial charge is 0.486 e. The van der Waals surface area contributed by atoms with Crippen LogP contribution in [0.4, 0.5) is 4.79 Å². The predicted molar refractivity (Wildman–Crippen MR) is 98.9 cm³/mol. The predicted octanol–water partition coefficient (Wildman–Crippen LogP) is 3.28. The minimum absolute atomic E-state index is 0.894. The fourth-order valence-corrected chi connectivity index (χ4v) is 6.43. The Bertz CT molecular complexity index is 680. The fraction of sp³-hybridized carbons (Fsp3) is 0. The number of hydrogen-bond acceptors (Lipinski definition) is 1. The van der Waals surface area contributed by atoms with Gasteiger partial charge in [-0.25, -0.2) is 0 Å². The summed E-state index contributed by atoms with van der Waals surface area (Å²) in [6, 6.07) is 29.8. The second-order valence-electron chi connectivity index (χ2n) is 5.20. The van der Waals surface area contributed by atoms with Crippen LogP contribution in [0.5, 0.6) is 0 Å². The summed E-state index contributed by atoms with van der Waals surface area (Å²) in [5, 5.41) is 12.7. The minimum atomic E-state index is -2.33. The van der Waals surface area contributed by atoms with E-state index in [0.29, 0.717) is 0 Å². The maximum Gasteiger partial charge on any atom is 0.510 e. The van der Waals surface area contributed by atoms with Crippen LogP contribution < -0.4 is 15.9 Å². The first-order chi connectivity index (χ1) is 11.2. The van der Waals surface area contributed by atoms with Crippen LogP contribution in [0.25, 0.3) is 0 Å². The topological polar surface area (TPSA) is 37.3 Å². The average Bonchev–Trinajstić information content (AvgIpc) is 2.62. The zero-order chi connectivity index (χ0) is 16.1. The Morgan fingerprint density at radius 2 is 0.957 bits per heavy atom. The van der Waals surface area contributed by atoms with Crippen molar-refractivity contribution in [1.82, 2.24) is 0 Å². The van der Waals surface area contributed by atoms with Crippen molar-refractivity contribution in [3.8, 4) is 0 Å². The molecule has 3 aromatic rings. The second kappa shape index (κ2) is 6.81. The molecule has 0 spiro atoms. The Kier molecular flexibility index (Phi) is 4.59. The van der Waals surface area contributed by atoms with Gasteiger partial charge in [0.15, 0.2) is 0 Å². The maximum atomic E-state index is 11.7. The summed E-state index contributed by atoms with van der Waals surface area (Å²) >= 11 is 0. The highest BCUT2D eigenvalue weighted by molar-refractivity contribution is 8.18. The summed E-state index contributed by atoms with van der Waals surface area (Å²) in [6.07, 6.45) is 0. The number of hydrogen-bond donors (Lipinski definition) is 1. The average molecular weight is 318 g/mol. The van der Waals surface area contributed by atoms with Crippen LogP contribution in [0.15, 0.2) is 91.0 Å². The first kappa shape index (κ1) is 15.5. The number of carboxylic acid groups (broad SMARTS) is 1. The lowest BCUT2D eigenvalue weighted by molar-refractivity contribution is 0.220. The molecule has 1 N–H and O–H groups in total. The van der Waals surface area contributed by atoms with Crippen molar-refractivity contribution in [3.05, 3.63) is 91.0 Å². The van der Waals surface area contributed by atoms with Crippen molar-refractivity contribution in [2.75, 3.05) is 0 Å². The van der Waals surface area contributed by atoms with Gasteiger partial charge >= 0.3 is 12.9 Å². The van der Waals surface area contributed by atoms with E-state index in [2.05, 4.69) is 0 Å². The number of carbonyl (C=O) groups is 1. The summed E-state index contributed by atoms with van der Waals surface area (Å²) in [5.41, 5.74) is 0. The molecule has 0 aliphatic heterocycles. The van der Waals surface area contributed by atoms with Crippen molar-refractivity contribution in [2.45, 2.75) is 0 Å². The van der Waals surface area contributed by atoms with Crippen LogP contribution in [-0.2, 0) is 0 Å². The van der Waals surface area contributed by atoms with Gasteiger partial charge in [-0.3, -0.25) is 4.79 Å². The lowest BCUT2D eigenvalue weighted by Gasteiger charge is -2.25. The SMILES string of the molecule is O=C(O)[B][P+](c1ccccc1)(c1ccccc1)c1ccccc1. The molecule has 1 radical (unpaired) electrons. The fourth-order valence-electron chi connectivity index (χ4n) is 2.83. The number of rotatable bonds is 5. The van der Waals surface area contributed by atoms with E-state index < -0.39 is 13.0 Å². The van der Waals surface area contributed by atoms with E-state index in [1.165, 1.54) is 7.00 Å². The molecule has 4 heteroatoms. The van der Waals surface area contributed by atoms with E-state index in [1.807, 2.05) is 91.0 Å². The van der Waals surface area contributed by atoms with Crippen molar-refractivity contribution < 1.29 is 9.90 Å². The van der Waals surface area contributed by atoms with Gasteiger partial charge in [-0.05, 0) is 36.4 Å². The molecule has 0 saturated heterocycles. The van der Waals surface area contributed by atoms with Crippen LogP contribution in [0.3, 0.4) is 0 Å². The molecule has 111 valence electrons. The molecule has 3 rings (SSSR count). The molecule has 0 aliphatic carbocycles. The van der Waals surface area contributed by atoms with Gasteiger partial charge in [-0.1, -0.05) is 54.6 Å². The highest BCUT2D eigenvalue weighted by atomic mass is 31.2. The Hall–Kier alpha value is -2.38. The molecule has 0 aliphatic rings. The Morgan fingerprint density at radius 3 is 1.22 bits per heavy atom. The van der Waals surface area contributed by atoms with Crippen molar-refractivity contribution >= 4 is 35.9 Å². The third-order valence-electron chi connectivity index (χ3n) is 3.79. The van der Waals surface area contributed by atoms with Gasteiger partial charge in [0.1, 0.15) is 0 Å². The molecule has 23 heavy (non-hydrogen) atoms. The largest absolute Gasteiger partial charge is 0.510 e. The van der Waals surface area contributed by atoms with Crippen molar-refractivity contribution in [2.24, 2.45) is 0 Å². The quantitative estimate of drug-likeness (QED) is 0.579. The standard InChI is InChI=1S/C19H16BO2P/c21-19(22)20-23(16-10-4-1-5-11-16,17-12-6-2-7-13-17)18-14-8-3-9-15-18/h1-15H,(H,21,22)/q+1. The van der Waals surface area contributed by atoms with Gasteiger partial charge in [-0.15, -0.1) is 0 Å². The highest BCUT2D eigenvalue weighted by Gasteiger charge is 2.49. The van der Waals surface area contributed by atoms with Gasteiger partial charge in [0.05, 0.1) is 23.1 Å². The summed E-state index contributed by atoms with van der Waals surface area (Å²) in [6.45, 7) is 1.49. The molecule has 0 bridgehead atoms. The molecule has 0 unspecified atom stereocenters. The summed E-state index contributed by atoms with van der Waals surface area (Å²) in [7, 11) is -2.33. The molecule has 0 aromatic heterocycles. The van der Waals surface area contributed by atoms with Crippen molar-refractivity contribution in [1.29, 1.82) is 0 Å². The maximum absolute atomic E-state index is 11.7. The van der Waals surface area contributed by atoms with E-state index in [0.717, 1.165) is 15.9 Å². The molecule has 0 atom stereocenters. The molecule has 3 aromatic carbocycles. The Labute approximate surface area is 137 Å². The van der Waals surface area contributed by atoms with Crippen LogP contribution >= 0.6 is 7.14 Å². The van der Waals surface area contributed by atoms with Crippen LogP contribution in [0.2, 0.25) is 0 Å². The van der Waals surface area contributed by atoms with E-state index in [9.17, 15) is 9.90 Å². The van der Waals surface area contributed by atoms with Gasteiger partial charge in [-0.2, -0.15) is 0 Å². The monoisotopic (exact) mass is 318 g/mol. The van der Waals surface area contributed by atoms with Crippen LogP contribution in [-0.4, -0.2) is 18.0 Å². The number of benzene rings is 3. The Balaban J connectivity index is 2.32. The first-order valence-electron chi connectivity index (χ1n) is 7.38. The Morgan fingerprint density at radius 1 is 0.652 bits per heavy atom. The molecule has 0 heterocycles. The van der Waals surface area contributed by atoms with Crippen LogP contribution in [0, 0.1) is 0 Å². The normalized spacial score (nSPS) is 11.0. The van der Waals surface area contributed by atoms with Crippen molar-refractivity contribution in [3.63, 3.8) is 0 Å². The van der Waals surface area contributed by atoms with Crippen LogP contribution in [0.1, 0.15) is 0 Å². The van der Waals surface area contributed by atoms with E-state index >= 15 is 0 Å². The molecular formula is C19H16BO2P+. The molecule has 0 amide bonds. The van der Waals surface area contributed by atoms with E-state index in [1.54, 1.807) is 0 Å². The first-order valence-corrected chi connectivity index (χ1v) is 9.24. The van der Waals surface area contributed by atoms with E-state index in [-0.39, 0.29) is 0 Å². The summed E-state index contributed by atoms with van der Waals surface area (Å²) in [4.78, 5) is 11.7. The third kappa shape index (κ3) is 3.06. The third-order valence-corrected chi connectivity index (χ3v) is 7.74. The lowest BCUT2D eigenvalue weighted by atomic mass is 10.1. The molecular weight excluding hydrogens is 302 g/mol. The summed E-state index contributed by atoms with van der Waals surface area (Å²) in [5.74, 6) is -0.894. The zero-order valence-corrected chi connectivity index (χ0v) is 13.4.